The number of nitrogens with two attached hydrogens (primary N) is 1. The summed E-state index contributed by atoms with van der Waals surface area (Å²) in [5, 5.41) is 2.19. The summed E-state index contributed by atoms with van der Waals surface area (Å²) >= 11 is 0. The molecule has 1 amide bonds. The van der Waals surface area contributed by atoms with Gasteiger partial charge in [0.2, 0.25) is 0 Å². The largest absolute Gasteiger partial charge is 0.471 e. The van der Waals surface area contributed by atoms with E-state index in [1.807, 2.05) is 24.3 Å². The summed E-state index contributed by atoms with van der Waals surface area (Å²) in [5.41, 5.74) is 8.08. The number of alkyl halides is 3. The molecule has 5 nitrogen and oxygen atoms in total. The second-order valence-corrected chi connectivity index (χ2v) is 7.53. The monoisotopic (exact) mass is 390 g/mol. The highest BCUT2D eigenvalue weighted by Gasteiger charge is 2.48. The molecule has 1 atom stereocenters. The van der Waals surface area contributed by atoms with Crippen LogP contribution in [0.2, 0.25) is 0 Å². The highest BCUT2D eigenvalue weighted by atomic mass is 19.4. The third kappa shape index (κ3) is 3.27. The molecule has 0 saturated carbocycles. The quantitative estimate of drug-likeness (QED) is 0.825. The van der Waals surface area contributed by atoms with Crippen molar-refractivity contribution in [1.29, 1.82) is 0 Å². The lowest BCUT2D eigenvalue weighted by molar-refractivity contribution is -0.174. The van der Waals surface area contributed by atoms with Gasteiger partial charge in [0.25, 0.3) is 0 Å². The van der Waals surface area contributed by atoms with Gasteiger partial charge in [-0.3, -0.25) is 4.79 Å². The maximum atomic E-state index is 12.7. The Morgan fingerprint density at radius 2 is 1.93 bits per heavy atom. The van der Waals surface area contributed by atoms with Gasteiger partial charge in [0.1, 0.15) is 5.82 Å². The van der Waals surface area contributed by atoms with Crippen LogP contribution in [0.3, 0.4) is 0 Å². The van der Waals surface area contributed by atoms with E-state index in [9.17, 15) is 18.0 Å². The standard InChI is InChI=1S/C20H21F3N4O/c21-20(22,23)18(28)26-16-12-19(15-4-2-1-3-14(15)16)6-9-27(10-7-19)17-11-13(24)5-8-25-17/h1-5,8,11,16H,6-7,9-10,12H2,(H2,24,25)(H,26,28)/t16-/m0/s1. The second kappa shape index (κ2) is 6.68. The van der Waals surface area contributed by atoms with Crippen molar-refractivity contribution in [3.8, 4) is 0 Å². The van der Waals surface area contributed by atoms with Crippen molar-refractivity contribution >= 4 is 17.4 Å². The van der Waals surface area contributed by atoms with E-state index in [2.05, 4.69) is 15.2 Å². The van der Waals surface area contributed by atoms with Crippen LogP contribution in [-0.4, -0.2) is 30.2 Å². The zero-order chi connectivity index (χ0) is 19.9. The Morgan fingerprint density at radius 3 is 2.61 bits per heavy atom. The molecule has 1 aromatic heterocycles. The van der Waals surface area contributed by atoms with Crippen LogP contribution in [0.5, 0.6) is 0 Å². The maximum Gasteiger partial charge on any atom is 0.471 e. The van der Waals surface area contributed by atoms with Gasteiger partial charge < -0.3 is 16.0 Å². The van der Waals surface area contributed by atoms with Crippen molar-refractivity contribution in [1.82, 2.24) is 10.3 Å². The molecule has 28 heavy (non-hydrogen) atoms. The van der Waals surface area contributed by atoms with Crippen LogP contribution in [0.4, 0.5) is 24.7 Å². The lowest BCUT2D eigenvalue weighted by atomic mass is 9.73. The molecule has 0 radical (unpaired) electrons. The Bertz CT molecular complexity index is 891. The number of nitrogens with zero attached hydrogens (tertiary/aromatic N) is 2. The maximum absolute atomic E-state index is 12.7. The van der Waals surface area contributed by atoms with E-state index in [1.165, 1.54) is 0 Å². The second-order valence-electron chi connectivity index (χ2n) is 7.53. The molecule has 2 heterocycles. The summed E-state index contributed by atoms with van der Waals surface area (Å²) < 4.78 is 38.2. The number of nitrogens with one attached hydrogen (secondary N) is 1. The number of carbonyl (C=O) groups excluding carboxylic acids is 1. The summed E-state index contributed by atoms with van der Waals surface area (Å²) in [6, 6.07) is 10.4. The SMILES string of the molecule is Nc1ccnc(N2CCC3(CC2)C[C@H](NC(=O)C(F)(F)F)c2ccccc23)c1. The lowest BCUT2D eigenvalue weighted by Crippen LogP contribution is -2.43. The topological polar surface area (TPSA) is 71.2 Å². The number of rotatable bonds is 2. The number of amides is 1. The van der Waals surface area contributed by atoms with Gasteiger partial charge in [0.15, 0.2) is 0 Å². The Hall–Kier alpha value is -2.77. The number of nitrogen functional groups attached to an aromatic ring is 1. The number of aromatic nitrogens is 1. The summed E-state index contributed by atoms with van der Waals surface area (Å²) in [5.74, 6) is -1.08. The molecule has 1 aliphatic heterocycles. The molecule has 8 heteroatoms. The number of anilines is 2. The molecular weight excluding hydrogens is 369 g/mol. The minimum Gasteiger partial charge on any atom is -0.399 e. The first kappa shape index (κ1) is 18.6. The zero-order valence-electron chi connectivity index (χ0n) is 15.2. The van der Waals surface area contributed by atoms with Crippen LogP contribution < -0.4 is 16.0 Å². The van der Waals surface area contributed by atoms with Crippen molar-refractivity contribution in [3.63, 3.8) is 0 Å². The molecule has 2 aliphatic rings. The van der Waals surface area contributed by atoms with Crippen molar-refractivity contribution in [2.75, 3.05) is 23.7 Å². The fourth-order valence-corrected chi connectivity index (χ4v) is 4.51. The van der Waals surface area contributed by atoms with Crippen LogP contribution in [0.1, 0.15) is 36.4 Å². The number of benzene rings is 1. The number of hydrogen-bond acceptors (Lipinski definition) is 4. The van der Waals surface area contributed by atoms with Crippen molar-refractivity contribution in [2.24, 2.45) is 0 Å². The third-order valence-corrected chi connectivity index (χ3v) is 5.88. The lowest BCUT2D eigenvalue weighted by Gasteiger charge is -2.41. The van der Waals surface area contributed by atoms with Gasteiger partial charge in [0, 0.05) is 36.5 Å². The van der Waals surface area contributed by atoms with E-state index < -0.39 is 18.1 Å². The Morgan fingerprint density at radius 1 is 1.21 bits per heavy atom. The van der Waals surface area contributed by atoms with Gasteiger partial charge in [-0.2, -0.15) is 13.2 Å². The van der Waals surface area contributed by atoms with Crippen molar-refractivity contribution in [3.05, 3.63) is 53.7 Å². The highest BCUT2D eigenvalue weighted by molar-refractivity contribution is 5.82. The third-order valence-electron chi connectivity index (χ3n) is 5.88. The van der Waals surface area contributed by atoms with Crippen molar-refractivity contribution in [2.45, 2.75) is 36.9 Å². The van der Waals surface area contributed by atoms with Crippen LogP contribution in [0.25, 0.3) is 0 Å². The average molecular weight is 390 g/mol. The number of pyridine rings is 1. The van der Waals surface area contributed by atoms with E-state index in [4.69, 9.17) is 5.73 Å². The number of fused-ring (bicyclic) bond motifs is 2. The first-order valence-electron chi connectivity index (χ1n) is 9.22. The molecule has 148 valence electrons. The predicted octanol–water partition coefficient (Wildman–Crippen LogP) is 3.33. The fraction of sp³-hybridized carbons (Fsp3) is 0.400. The van der Waals surface area contributed by atoms with Crippen LogP contribution in [-0.2, 0) is 10.2 Å². The number of halogens is 3. The Kier molecular flexibility index (Phi) is 4.44. The molecule has 1 saturated heterocycles. The zero-order valence-corrected chi connectivity index (χ0v) is 15.2. The normalized spacial score (nSPS) is 20.8. The Balaban J connectivity index is 1.55. The smallest absolute Gasteiger partial charge is 0.399 e. The van der Waals surface area contributed by atoms with Gasteiger partial charge >= 0.3 is 12.1 Å². The van der Waals surface area contributed by atoms with Crippen molar-refractivity contribution < 1.29 is 18.0 Å². The molecule has 0 bridgehead atoms. The van der Waals surface area contributed by atoms with Gasteiger partial charge in [-0.15, -0.1) is 0 Å². The summed E-state index contributed by atoms with van der Waals surface area (Å²) in [4.78, 5) is 18.0. The number of piperidine rings is 1. The highest BCUT2D eigenvalue weighted by Crippen LogP contribution is 2.51. The van der Waals surface area contributed by atoms with E-state index in [0.717, 1.165) is 42.9 Å². The molecule has 0 unspecified atom stereocenters. The average Bonchev–Trinajstić information content (AvgIpc) is 2.95. The molecule has 4 rings (SSSR count). The van der Waals surface area contributed by atoms with Crippen LogP contribution in [0.15, 0.2) is 42.6 Å². The molecular formula is C20H21F3N4O. The summed E-state index contributed by atoms with van der Waals surface area (Å²) in [6.07, 6.45) is -1.18. The van der Waals surface area contributed by atoms with Crippen LogP contribution in [0, 0.1) is 0 Å². The number of hydrogen-bond donors (Lipinski definition) is 2. The predicted molar refractivity (Wildman–Crippen MR) is 99.8 cm³/mol. The van der Waals surface area contributed by atoms with Gasteiger partial charge in [0.05, 0.1) is 6.04 Å². The first-order chi connectivity index (χ1) is 13.3. The minimum atomic E-state index is -4.88. The van der Waals surface area contributed by atoms with Gasteiger partial charge in [-0.05, 0) is 36.5 Å². The van der Waals surface area contributed by atoms with Crippen LogP contribution >= 0.6 is 0 Å². The first-order valence-corrected chi connectivity index (χ1v) is 9.22. The fourth-order valence-electron chi connectivity index (χ4n) is 4.51. The molecule has 1 aliphatic carbocycles. The summed E-state index contributed by atoms with van der Waals surface area (Å²) in [6.45, 7) is 1.45. The molecule has 1 fully saturated rings. The molecule has 1 spiro atoms. The minimum absolute atomic E-state index is 0.239. The number of carbonyl (C=O) groups is 1. The summed E-state index contributed by atoms with van der Waals surface area (Å²) in [7, 11) is 0. The van der Waals surface area contributed by atoms with E-state index in [1.54, 1.807) is 18.3 Å². The molecule has 2 aromatic rings. The van der Waals surface area contributed by atoms with E-state index >= 15 is 0 Å². The molecule has 3 N–H and O–H groups in total. The van der Waals surface area contributed by atoms with Gasteiger partial charge in [-0.1, -0.05) is 24.3 Å². The van der Waals surface area contributed by atoms with E-state index in [-0.39, 0.29) is 5.41 Å². The Labute approximate surface area is 160 Å². The van der Waals surface area contributed by atoms with Gasteiger partial charge in [-0.25, -0.2) is 4.98 Å². The van der Waals surface area contributed by atoms with E-state index in [0.29, 0.717) is 12.1 Å². The molecule has 1 aromatic carbocycles.